The maximum atomic E-state index is 12.7. The molecule has 5 nitrogen and oxygen atoms in total. The monoisotopic (exact) mass is 298 g/mol. The minimum atomic E-state index is -0.0307. The molecule has 5 heteroatoms. The molecule has 22 heavy (non-hydrogen) atoms. The number of aryl methyl sites for hydroxylation is 1. The Kier molecular flexibility index (Phi) is 4.24. The number of likely N-dealkylation sites (N-methyl/N-ethyl adjacent to an activating group) is 1. The second kappa shape index (κ2) is 6.32. The van der Waals surface area contributed by atoms with Crippen LogP contribution in [0, 0.1) is 6.92 Å². The summed E-state index contributed by atoms with van der Waals surface area (Å²) in [6.07, 6.45) is 4.60. The van der Waals surface area contributed by atoms with Crippen molar-refractivity contribution in [2.45, 2.75) is 25.9 Å². The number of hydrogen-bond donors (Lipinski definition) is 0. The fourth-order valence-corrected chi connectivity index (χ4v) is 2.90. The van der Waals surface area contributed by atoms with Gasteiger partial charge in [-0.1, -0.05) is 17.7 Å². The highest BCUT2D eigenvalue weighted by molar-refractivity contribution is 5.99. The normalized spacial score (nSPS) is 18.4. The second-order valence-corrected chi connectivity index (χ2v) is 5.88. The van der Waals surface area contributed by atoms with Crippen molar-refractivity contribution < 1.29 is 4.79 Å². The molecule has 1 saturated heterocycles. The summed E-state index contributed by atoms with van der Waals surface area (Å²) < 4.78 is 1.90. The van der Waals surface area contributed by atoms with Gasteiger partial charge in [-0.25, -0.2) is 0 Å². The molecule has 0 bridgehead atoms. The predicted octanol–water partition coefficient (Wildman–Crippen LogP) is 1.93. The Labute approximate surface area is 131 Å². The van der Waals surface area contributed by atoms with Crippen molar-refractivity contribution in [1.29, 1.82) is 0 Å². The van der Waals surface area contributed by atoms with Crippen molar-refractivity contribution in [3.63, 3.8) is 0 Å². The van der Waals surface area contributed by atoms with Crippen molar-refractivity contribution in [2.75, 3.05) is 25.0 Å². The van der Waals surface area contributed by atoms with E-state index in [1.54, 1.807) is 6.20 Å². The summed E-state index contributed by atoms with van der Waals surface area (Å²) in [5, 5.41) is 4.20. The molecule has 1 aliphatic heterocycles. The van der Waals surface area contributed by atoms with Crippen LogP contribution in [0.4, 0.5) is 5.69 Å². The SMILES string of the molecule is Cc1ccc(N2CCC(N(C)CCn3cccn3)C2=O)cc1. The van der Waals surface area contributed by atoms with Crippen molar-refractivity contribution in [3.05, 3.63) is 48.3 Å². The van der Waals surface area contributed by atoms with Crippen LogP contribution in [-0.4, -0.2) is 46.8 Å². The number of rotatable bonds is 5. The maximum Gasteiger partial charge on any atom is 0.244 e. The lowest BCUT2D eigenvalue weighted by atomic mass is 10.2. The van der Waals surface area contributed by atoms with Crippen LogP contribution in [0.1, 0.15) is 12.0 Å². The Morgan fingerprint density at radius 1 is 1.32 bits per heavy atom. The zero-order valence-corrected chi connectivity index (χ0v) is 13.1. The number of anilines is 1. The van der Waals surface area contributed by atoms with Gasteiger partial charge in [0.25, 0.3) is 0 Å². The smallest absolute Gasteiger partial charge is 0.244 e. The third-order valence-corrected chi connectivity index (χ3v) is 4.30. The van der Waals surface area contributed by atoms with Gasteiger partial charge in [-0.2, -0.15) is 5.10 Å². The fourth-order valence-electron chi connectivity index (χ4n) is 2.90. The summed E-state index contributed by atoms with van der Waals surface area (Å²) >= 11 is 0. The first-order valence-corrected chi connectivity index (χ1v) is 7.71. The summed E-state index contributed by atoms with van der Waals surface area (Å²) in [5.74, 6) is 0.201. The molecule has 1 aromatic carbocycles. The number of amides is 1. The zero-order chi connectivity index (χ0) is 15.5. The summed E-state index contributed by atoms with van der Waals surface area (Å²) in [7, 11) is 2.02. The summed E-state index contributed by atoms with van der Waals surface area (Å²) in [6.45, 7) is 4.47. The Hall–Kier alpha value is -2.14. The van der Waals surface area contributed by atoms with Crippen LogP contribution in [0.15, 0.2) is 42.7 Å². The average Bonchev–Trinajstić information content (AvgIpc) is 3.15. The van der Waals surface area contributed by atoms with Gasteiger partial charge in [0.15, 0.2) is 0 Å². The van der Waals surface area contributed by atoms with Crippen LogP contribution >= 0.6 is 0 Å². The summed E-state index contributed by atoms with van der Waals surface area (Å²) in [5.41, 5.74) is 2.21. The molecule has 2 heterocycles. The molecule has 1 aromatic heterocycles. The minimum Gasteiger partial charge on any atom is -0.311 e. The molecule has 1 unspecified atom stereocenters. The van der Waals surface area contributed by atoms with Gasteiger partial charge in [-0.05, 0) is 38.6 Å². The van der Waals surface area contributed by atoms with E-state index in [-0.39, 0.29) is 11.9 Å². The van der Waals surface area contributed by atoms with E-state index in [2.05, 4.69) is 29.1 Å². The standard InChI is InChI=1S/C17H22N4O/c1-14-4-6-15(7-5-14)21-11-8-16(17(21)22)19(2)12-13-20-10-3-9-18-20/h3-7,9-10,16H,8,11-13H2,1-2H3. The van der Waals surface area contributed by atoms with Crippen LogP contribution in [0.2, 0.25) is 0 Å². The van der Waals surface area contributed by atoms with E-state index in [0.717, 1.165) is 31.7 Å². The maximum absolute atomic E-state index is 12.7. The number of nitrogens with zero attached hydrogens (tertiary/aromatic N) is 4. The van der Waals surface area contributed by atoms with Gasteiger partial charge in [-0.3, -0.25) is 14.4 Å². The third-order valence-electron chi connectivity index (χ3n) is 4.30. The van der Waals surface area contributed by atoms with Crippen LogP contribution in [0.5, 0.6) is 0 Å². The number of hydrogen-bond acceptors (Lipinski definition) is 3. The van der Waals surface area contributed by atoms with Gasteiger partial charge in [0.1, 0.15) is 0 Å². The molecule has 116 valence electrons. The van der Waals surface area contributed by atoms with E-state index < -0.39 is 0 Å². The molecular weight excluding hydrogens is 276 g/mol. The van der Waals surface area contributed by atoms with E-state index in [0.29, 0.717) is 0 Å². The lowest BCUT2D eigenvalue weighted by molar-refractivity contribution is -0.121. The summed E-state index contributed by atoms with van der Waals surface area (Å²) in [4.78, 5) is 16.7. The number of carbonyl (C=O) groups excluding carboxylic acids is 1. The van der Waals surface area contributed by atoms with Gasteiger partial charge >= 0.3 is 0 Å². The molecule has 1 atom stereocenters. The average molecular weight is 298 g/mol. The minimum absolute atomic E-state index is 0.0307. The second-order valence-electron chi connectivity index (χ2n) is 5.88. The summed E-state index contributed by atoms with van der Waals surface area (Å²) in [6, 6.07) is 10.0. The molecule has 0 N–H and O–H groups in total. The van der Waals surface area contributed by atoms with E-state index in [1.807, 2.05) is 41.0 Å². The fraction of sp³-hybridized carbons (Fsp3) is 0.412. The first-order valence-electron chi connectivity index (χ1n) is 7.71. The van der Waals surface area contributed by atoms with Gasteiger partial charge in [0.05, 0.1) is 12.6 Å². The van der Waals surface area contributed by atoms with Crippen molar-refractivity contribution in [3.8, 4) is 0 Å². The molecule has 0 saturated carbocycles. The first kappa shape index (κ1) is 14.8. The molecule has 0 spiro atoms. The van der Waals surface area contributed by atoms with Gasteiger partial charge in [-0.15, -0.1) is 0 Å². The number of carbonyl (C=O) groups is 1. The molecule has 1 amide bonds. The van der Waals surface area contributed by atoms with Crippen molar-refractivity contribution in [1.82, 2.24) is 14.7 Å². The molecule has 0 aliphatic carbocycles. The molecule has 2 aromatic rings. The van der Waals surface area contributed by atoms with E-state index in [9.17, 15) is 4.79 Å². The topological polar surface area (TPSA) is 41.4 Å². The molecule has 1 aliphatic rings. The third kappa shape index (κ3) is 3.04. The Balaban J connectivity index is 1.61. The lowest BCUT2D eigenvalue weighted by Crippen LogP contribution is -2.41. The molecule has 0 radical (unpaired) electrons. The quantitative estimate of drug-likeness (QED) is 0.847. The zero-order valence-electron chi connectivity index (χ0n) is 13.1. The number of benzene rings is 1. The highest BCUT2D eigenvalue weighted by Gasteiger charge is 2.34. The number of aromatic nitrogens is 2. The lowest BCUT2D eigenvalue weighted by Gasteiger charge is -2.23. The molecular formula is C17H22N4O. The van der Waals surface area contributed by atoms with E-state index in [1.165, 1.54) is 5.56 Å². The molecule has 3 rings (SSSR count). The van der Waals surface area contributed by atoms with Crippen molar-refractivity contribution in [2.24, 2.45) is 0 Å². The van der Waals surface area contributed by atoms with Gasteiger partial charge in [0, 0.05) is 31.2 Å². The Morgan fingerprint density at radius 2 is 2.09 bits per heavy atom. The first-order chi connectivity index (χ1) is 10.6. The van der Waals surface area contributed by atoms with Crippen molar-refractivity contribution >= 4 is 11.6 Å². The van der Waals surface area contributed by atoms with Gasteiger partial charge in [0.2, 0.25) is 5.91 Å². The van der Waals surface area contributed by atoms with E-state index >= 15 is 0 Å². The Bertz CT molecular complexity index is 621. The van der Waals surface area contributed by atoms with E-state index in [4.69, 9.17) is 0 Å². The predicted molar refractivity (Wildman–Crippen MR) is 86.8 cm³/mol. The van der Waals surface area contributed by atoms with Crippen LogP contribution in [0.3, 0.4) is 0 Å². The highest BCUT2D eigenvalue weighted by Crippen LogP contribution is 2.24. The van der Waals surface area contributed by atoms with Crippen LogP contribution in [0.25, 0.3) is 0 Å². The Morgan fingerprint density at radius 3 is 2.77 bits per heavy atom. The van der Waals surface area contributed by atoms with Crippen LogP contribution in [-0.2, 0) is 11.3 Å². The largest absolute Gasteiger partial charge is 0.311 e. The molecule has 1 fully saturated rings. The highest BCUT2D eigenvalue weighted by atomic mass is 16.2. The van der Waals surface area contributed by atoms with Crippen LogP contribution < -0.4 is 4.90 Å². The van der Waals surface area contributed by atoms with Gasteiger partial charge < -0.3 is 4.90 Å².